The van der Waals surface area contributed by atoms with Crippen molar-refractivity contribution in [3.8, 4) is 0 Å². The van der Waals surface area contributed by atoms with Gasteiger partial charge in [0.2, 0.25) is 0 Å². The van der Waals surface area contributed by atoms with Crippen LogP contribution in [0.3, 0.4) is 0 Å². The van der Waals surface area contributed by atoms with E-state index < -0.39 is 0 Å². The lowest BCUT2D eigenvalue weighted by molar-refractivity contribution is 0.442. The molecule has 1 rings (SSSR count). The number of nitrogens with one attached hydrogen (secondary N) is 1. The maximum absolute atomic E-state index is 5.32. The van der Waals surface area contributed by atoms with Crippen molar-refractivity contribution in [1.82, 2.24) is 5.32 Å². The molecule has 1 aromatic rings. The van der Waals surface area contributed by atoms with Gasteiger partial charge in [-0.25, -0.2) is 0 Å². The summed E-state index contributed by atoms with van der Waals surface area (Å²) in [6.07, 6.45) is 6.77. The van der Waals surface area contributed by atoms with Crippen LogP contribution in [-0.4, -0.2) is 12.6 Å². The molecule has 1 heterocycles. The van der Waals surface area contributed by atoms with E-state index >= 15 is 0 Å². The maximum Gasteiger partial charge on any atom is 0.105 e. The first-order valence-corrected chi connectivity index (χ1v) is 5.23. The van der Waals surface area contributed by atoms with E-state index in [4.69, 9.17) is 4.42 Å². The van der Waals surface area contributed by atoms with Gasteiger partial charge in [0.1, 0.15) is 5.76 Å². The fraction of sp³-hybridized carbons (Fsp3) is 0.500. The van der Waals surface area contributed by atoms with Gasteiger partial charge in [-0.1, -0.05) is 13.0 Å². The molecule has 0 saturated carbocycles. The summed E-state index contributed by atoms with van der Waals surface area (Å²) in [6, 6.07) is 4.41. The molecular formula is C12H19NO. The molecule has 0 aliphatic rings. The Bertz CT molecular complexity index is 241. The van der Waals surface area contributed by atoms with Crippen molar-refractivity contribution in [2.75, 3.05) is 6.54 Å². The topological polar surface area (TPSA) is 25.2 Å². The molecule has 0 amide bonds. The molecule has 0 aliphatic heterocycles. The average Bonchev–Trinajstić information content (AvgIpc) is 2.67. The molecule has 14 heavy (non-hydrogen) atoms. The summed E-state index contributed by atoms with van der Waals surface area (Å²) in [5.74, 6) is 1.04. The molecular weight excluding hydrogens is 174 g/mol. The van der Waals surface area contributed by atoms with E-state index in [0.29, 0.717) is 6.04 Å². The van der Waals surface area contributed by atoms with E-state index in [1.165, 1.54) is 0 Å². The first kappa shape index (κ1) is 11.1. The van der Waals surface area contributed by atoms with Crippen LogP contribution < -0.4 is 5.32 Å². The minimum atomic E-state index is 0.457. The van der Waals surface area contributed by atoms with Gasteiger partial charge in [0.25, 0.3) is 0 Å². The van der Waals surface area contributed by atoms with E-state index in [-0.39, 0.29) is 0 Å². The molecule has 0 aliphatic carbocycles. The zero-order valence-electron chi connectivity index (χ0n) is 8.83. The Morgan fingerprint density at radius 2 is 2.50 bits per heavy atom. The molecule has 1 N–H and O–H groups in total. The summed E-state index contributed by atoms with van der Waals surface area (Å²) in [6.45, 7) is 6.99. The van der Waals surface area contributed by atoms with Crippen LogP contribution in [0.25, 0.3) is 0 Å². The lowest BCUT2D eigenvalue weighted by Gasteiger charge is -2.14. The van der Waals surface area contributed by atoms with Crippen LogP contribution in [0.4, 0.5) is 0 Å². The fourth-order valence-corrected chi connectivity index (χ4v) is 1.46. The smallest absolute Gasteiger partial charge is 0.105 e. The molecule has 0 fully saturated rings. The number of furan rings is 1. The predicted molar refractivity (Wildman–Crippen MR) is 59.3 cm³/mol. The lowest BCUT2D eigenvalue weighted by Crippen LogP contribution is -2.31. The summed E-state index contributed by atoms with van der Waals surface area (Å²) in [5.41, 5.74) is 0. The zero-order chi connectivity index (χ0) is 10.2. The van der Waals surface area contributed by atoms with Crippen LogP contribution in [-0.2, 0) is 6.42 Å². The predicted octanol–water partition coefficient (Wildman–Crippen LogP) is 2.77. The third-order valence-corrected chi connectivity index (χ3v) is 2.16. The molecule has 0 bridgehead atoms. The molecule has 78 valence electrons. The van der Waals surface area contributed by atoms with E-state index in [0.717, 1.165) is 31.6 Å². The van der Waals surface area contributed by atoms with E-state index in [9.17, 15) is 0 Å². The summed E-state index contributed by atoms with van der Waals surface area (Å²) >= 11 is 0. The number of hydrogen-bond donors (Lipinski definition) is 1. The summed E-state index contributed by atoms with van der Waals surface area (Å²) in [4.78, 5) is 0. The van der Waals surface area contributed by atoms with Crippen LogP contribution in [0.2, 0.25) is 0 Å². The van der Waals surface area contributed by atoms with Crippen molar-refractivity contribution < 1.29 is 4.42 Å². The highest BCUT2D eigenvalue weighted by Crippen LogP contribution is 2.07. The van der Waals surface area contributed by atoms with Crippen molar-refractivity contribution in [2.45, 2.75) is 32.2 Å². The highest BCUT2D eigenvalue weighted by Gasteiger charge is 2.08. The molecule has 2 heteroatoms. The molecule has 0 radical (unpaired) electrons. The third kappa shape index (κ3) is 3.79. The van der Waals surface area contributed by atoms with Gasteiger partial charge in [-0.3, -0.25) is 0 Å². The quantitative estimate of drug-likeness (QED) is 0.674. The Balaban J connectivity index is 2.38. The van der Waals surface area contributed by atoms with Gasteiger partial charge in [-0.05, 0) is 31.5 Å². The van der Waals surface area contributed by atoms with Gasteiger partial charge >= 0.3 is 0 Å². The SMILES string of the molecule is C=CCC(Cc1ccco1)NCCC. The van der Waals surface area contributed by atoms with E-state index in [1.54, 1.807) is 6.26 Å². The summed E-state index contributed by atoms with van der Waals surface area (Å²) in [5, 5.41) is 3.48. The lowest BCUT2D eigenvalue weighted by atomic mass is 10.1. The zero-order valence-corrected chi connectivity index (χ0v) is 8.83. The van der Waals surface area contributed by atoms with Crippen LogP contribution in [0, 0.1) is 0 Å². The summed E-state index contributed by atoms with van der Waals surface area (Å²) in [7, 11) is 0. The van der Waals surface area contributed by atoms with Crippen molar-refractivity contribution in [1.29, 1.82) is 0 Å². The average molecular weight is 193 g/mol. The monoisotopic (exact) mass is 193 g/mol. The second-order valence-electron chi connectivity index (χ2n) is 3.46. The Kier molecular flexibility index (Phi) is 5.08. The van der Waals surface area contributed by atoms with Crippen molar-refractivity contribution in [3.05, 3.63) is 36.8 Å². The number of rotatable bonds is 7. The van der Waals surface area contributed by atoms with Crippen LogP contribution in [0.5, 0.6) is 0 Å². The molecule has 1 unspecified atom stereocenters. The minimum Gasteiger partial charge on any atom is -0.469 e. The van der Waals surface area contributed by atoms with Crippen molar-refractivity contribution in [3.63, 3.8) is 0 Å². The van der Waals surface area contributed by atoms with Crippen LogP contribution >= 0.6 is 0 Å². The summed E-state index contributed by atoms with van der Waals surface area (Å²) < 4.78 is 5.32. The molecule has 0 saturated heterocycles. The fourth-order valence-electron chi connectivity index (χ4n) is 1.46. The maximum atomic E-state index is 5.32. The highest BCUT2D eigenvalue weighted by atomic mass is 16.3. The van der Waals surface area contributed by atoms with Gasteiger partial charge in [0, 0.05) is 12.5 Å². The molecule has 1 atom stereocenters. The van der Waals surface area contributed by atoms with Gasteiger partial charge in [0.15, 0.2) is 0 Å². The van der Waals surface area contributed by atoms with Crippen LogP contribution in [0.1, 0.15) is 25.5 Å². The second kappa shape index (κ2) is 6.44. The Labute approximate surface area is 86.0 Å². The molecule has 0 spiro atoms. The standard InChI is InChI=1S/C12H19NO/c1-3-6-11(13-8-4-2)10-12-7-5-9-14-12/h3,5,7,9,11,13H,1,4,6,8,10H2,2H3. The van der Waals surface area contributed by atoms with Crippen molar-refractivity contribution in [2.24, 2.45) is 0 Å². The third-order valence-electron chi connectivity index (χ3n) is 2.16. The van der Waals surface area contributed by atoms with E-state index in [2.05, 4.69) is 18.8 Å². The minimum absolute atomic E-state index is 0.457. The number of hydrogen-bond acceptors (Lipinski definition) is 2. The van der Waals surface area contributed by atoms with Gasteiger partial charge in [-0.15, -0.1) is 6.58 Å². The van der Waals surface area contributed by atoms with E-state index in [1.807, 2.05) is 18.2 Å². The first-order valence-electron chi connectivity index (χ1n) is 5.23. The van der Waals surface area contributed by atoms with Crippen LogP contribution in [0.15, 0.2) is 35.5 Å². The normalized spacial score (nSPS) is 12.6. The van der Waals surface area contributed by atoms with Gasteiger partial charge in [0.05, 0.1) is 6.26 Å². The highest BCUT2D eigenvalue weighted by molar-refractivity contribution is 5.01. The Hall–Kier alpha value is -1.02. The molecule has 0 aromatic carbocycles. The van der Waals surface area contributed by atoms with Crippen molar-refractivity contribution >= 4 is 0 Å². The first-order chi connectivity index (χ1) is 6.86. The Morgan fingerprint density at radius 3 is 3.07 bits per heavy atom. The van der Waals surface area contributed by atoms with Gasteiger partial charge in [-0.2, -0.15) is 0 Å². The van der Waals surface area contributed by atoms with Gasteiger partial charge < -0.3 is 9.73 Å². The molecule has 1 aromatic heterocycles. The molecule has 2 nitrogen and oxygen atoms in total. The second-order valence-corrected chi connectivity index (χ2v) is 3.46. The Morgan fingerprint density at radius 1 is 1.64 bits per heavy atom. The largest absolute Gasteiger partial charge is 0.469 e.